The molecule has 9 nitrogen and oxygen atoms in total. The number of likely N-dealkylation sites (N-methyl/N-ethyl adjacent to an activating group) is 1. The van der Waals surface area contributed by atoms with Crippen molar-refractivity contribution in [1.29, 1.82) is 0 Å². The molecular formula is C20H28N6O3S. The summed E-state index contributed by atoms with van der Waals surface area (Å²) >= 11 is 0. The molecule has 162 valence electrons. The van der Waals surface area contributed by atoms with Gasteiger partial charge in [-0.3, -0.25) is 9.36 Å². The van der Waals surface area contributed by atoms with Gasteiger partial charge in [0.1, 0.15) is 22.7 Å². The molecule has 0 N–H and O–H groups in total. The van der Waals surface area contributed by atoms with E-state index in [1.54, 1.807) is 32.1 Å². The normalized spacial score (nSPS) is 21.7. The number of rotatable bonds is 4. The monoisotopic (exact) mass is 432 g/mol. The number of amides is 1. The first-order valence-electron chi connectivity index (χ1n) is 10.3. The van der Waals surface area contributed by atoms with Crippen LogP contribution in [0.4, 0.5) is 0 Å². The SMILES string of the molecule is CC1CCCN(S(=O)(=O)c2ccc(-n3cnc(C(=O)N4CCN(C)CC4)c3)nc2)C1. The zero-order valence-electron chi connectivity index (χ0n) is 17.4. The molecule has 2 aliphatic rings. The van der Waals surface area contributed by atoms with Gasteiger partial charge in [-0.1, -0.05) is 6.92 Å². The fourth-order valence-electron chi connectivity index (χ4n) is 3.92. The molecule has 10 heteroatoms. The van der Waals surface area contributed by atoms with E-state index in [2.05, 4.69) is 21.8 Å². The second-order valence-electron chi connectivity index (χ2n) is 8.22. The van der Waals surface area contributed by atoms with Gasteiger partial charge < -0.3 is 9.80 Å². The van der Waals surface area contributed by atoms with Gasteiger partial charge in [0.25, 0.3) is 5.91 Å². The third-order valence-electron chi connectivity index (χ3n) is 5.83. The summed E-state index contributed by atoms with van der Waals surface area (Å²) in [4.78, 5) is 25.4. The first kappa shape index (κ1) is 21.0. The van der Waals surface area contributed by atoms with E-state index < -0.39 is 10.0 Å². The third kappa shape index (κ3) is 4.26. The number of piperidine rings is 1. The van der Waals surface area contributed by atoms with E-state index in [1.807, 2.05) is 7.05 Å². The Morgan fingerprint density at radius 2 is 1.87 bits per heavy atom. The van der Waals surface area contributed by atoms with Gasteiger partial charge in [0.2, 0.25) is 10.0 Å². The summed E-state index contributed by atoms with van der Waals surface area (Å²) in [6, 6.07) is 3.21. The second-order valence-corrected chi connectivity index (χ2v) is 10.2. The highest BCUT2D eigenvalue weighted by molar-refractivity contribution is 7.89. The minimum atomic E-state index is -3.54. The molecule has 0 radical (unpaired) electrons. The van der Waals surface area contributed by atoms with Crippen molar-refractivity contribution in [3.05, 3.63) is 36.5 Å². The molecule has 0 aromatic carbocycles. The van der Waals surface area contributed by atoms with Crippen molar-refractivity contribution in [3.8, 4) is 5.82 Å². The largest absolute Gasteiger partial charge is 0.335 e. The van der Waals surface area contributed by atoms with Gasteiger partial charge >= 0.3 is 0 Å². The maximum Gasteiger partial charge on any atom is 0.274 e. The molecule has 2 aliphatic heterocycles. The van der Waals surface area contributed by atoms with E-state index in [9.17, 15) is 13.2 Å². The zero-order valence-corrected chi connectivity index (χ0v) is 18.3. The Bertz CT molecular complexity index is 996. The molecule has 0 aliphatic carbocycles. The van der Waals surface area contributed by atoms with Crippen molar-refractivity contribution in [2.45, 2.75) is 24.7 Å². The summed E-state index contributed by atoms with van der Waals surface area (Å²) in [6.07, 6.45) is 6.49. The van der Waals surface area contributed by atoms with Gasteiger partial charge in [0.15, 0.2) is 0 Å². The second kappa shape index (κ2) is 8.44. The molecule has 30 heavy (non-hydrogen) atoms. The summed E-state index contributed by atoms with van der Waals surface area (Å²) in [7, 11) is -1.50. The molecule has 0 saturated carbocycles. The van der Waals surface area contributed by atoms with Gasteiger partial charge in [-0.2, -0.15) is 4.31 Å². The number of hydrogen-bond donors (Lipinski definition) is 0. The van der Waals surface area contributed by atoms with E-state index in [-0.39, 0.29) is 10.8 Å². The van der Waals surface area contributed by atoms with Crippen LogP contribution in [0.2, 0.25) is 0 Å². The van der Waals surface area contributed by atoms with Crippen LogP contribution >= 0.6 is 0 Å². The van der Waals surface area contributed by atoms with Crippen molar-refractivity contribution in [3.63, 3.8) is 0 Å². The number of carbonyl (C=O) groups is 1. The number of imidazole rings is 1. The van der Waals surface area contributed by atoms with E-state index in [0.29, 0.717) is 43.6 Å². The van der Waals surface area contributed by atoms with E-state index >= 15 is 0 Å². The lowest BCUT2D eigenvalue weighted by molar-refractivity contribution is 0.0658. The van der Waals surface area contributed by atoms with Crippen molar-refractivity contribution in [2.75, 3.05) is 46.3 Å². The highest BCUT2D eigenvalue weighted by atomic mass is 32.2. The van der Waals surface area contributed by atoms with Gasteiger partial charge in [-0.15, -0.1) is 0 Å². The number of sulfonamides is 1. The van der Waals surface area contributed by atoms with E-state index in [1.165, 1.54) is 12.5 Å². The Kier molecular flexibility index (Phi) is 5.90. The van der Waals surface area contributed by atoms with Crippen LogP contribution in [0.15, 0.2) is 35.7 Å². The Labute approximate surface area is 177 Å². The van der Waals surface area contributed by atoms with Crippen LogP contribution in [0.3, 0.4) is 0 Å². The molecular weight excluding hydrogens is 404 g/mol. The lowest BCUT2D eigenvalue weighted by atomic mass is 10.0. The lowest BCUT2D eigenvalue weighted by Crippen LogP contribution is -2.47. The average Bonchev–Trinajstić information content (AvgIpc) is 3.24. The van der Waals surface area contributed by atoms with Crippen LogP contribution in [0.25, 0.3) is 5.82 Å². The molecule has 0 bridgehead atoms. The molecule has 4 rings (SSSR count). The van der Waals surface area contributed by atoms with Gasteiger partial charge in [-0.25, -0.2) is 18.4 Å². The van der Waals surface area contributed by atoms with Crippen LogP contribution < -0.4 is 0 Å². The van der Waals surface area contributed by atoms with E-state index in [0.717, 1.165) is 25.9 Å². The molecule has 2 aromatic rings. The number of carbonyl (C=O) groups excluding carboxylic acids is 1. The van der Waals surface area contributed by atoms with Crippen LogP contribution in [-0.2, 0) is 10.0 Å². The molecule has 0 spiro atoms. The Morgan fingerprint density at radius 1 is 1.10 bits per heavy atom. The van der Waals surface area contributed by atoms with Crippen molar-refractivity contribution >= 4 is 15.9 Å². The maximum absolute atomic E-state index is 12.9. The minimum Gasteiger partial charge on any atom is -0.335 e. The Balaban J connectivity index is 1.48. The number of nitrogens with zero attached hydrogens (tertiary/aromatic N) is 6. The van der Waals surface area contributed by atoms with Crippen molar-refractivity contribution in [1.82, 2.24) is 28.6 Å². The maximum atomic E-state index is 12.9. The number of aromatic nitrogens is 3. The van der Waals surface area contributed by atoms with Crippen molar-refractivity contribution in [2.24, 2.45) is 5.92 Å². The molecule has 1 unspecified atom stereocenters. The number of hydrogen-bond acceptors (Lipinski definition) is 6. The third-order valence-corrected chi connectivity index (χ3v) is 7.68. The predicted molar refractivity (Wildman–Crippen MR) is 112 cm³/mol. The number of pyridine rings is 1. The zero-order chi connectivity index (χ0) is 21.3. The smallest absolute Gasteiger partial charge is 0.274 e. The highest BCUT2D eigenvalue weighted by Gasteiger charge is 2.29. The topological polar surface area (TPSA) is 91.6 Å². The minimum absolute atomic E-state index is 0.0970. The van der Waals surface area contributed by atoms with Gasteiger partial charge in [-0.05, 0) is 37.9 Å². The van der Waals surface area contributed by atoms with Crippen LogP contribution in [0, 0.1) is 5.92 Å². The quantitative estimate of drug-likeness (QED) is 0.718. The van der Waals surface area contributed by atoms with Gasteiger partial charge in [0, 0.05) is 51.7 Å². The Morgan fingerprint density at radius 3 is 2.53 bits per heavy atom. The van der Waals surface area contributed by atoms with Crippen molar-refractivity contribution < 1.29 is 13.2 Å². The lowest BCUT2D eigenvalue weighted by Gasteiger charge is -2.31. The summed E-state index contributed by atoms with van der Waals surface area (Å²) in [5, 5.41) is 0. The first-order chi connectivity index (χ1) is 14.3. The number of piperazine rings is 1. The average molecular weight is 433 g/mol. The predicted octanol–water partition coefficient (Wildman–Crippen LogP) is 1.08. The summed E-state index contributed by atoms with van der Waals surface area (Å²) in [6.45, 7) is 6.23. The molecule has 2 fully saturated rings. The molecule has 2 saturated heterocycles. The highest BCUT2D eigenvalue weighted by Crippen LogP contribution is 2.23. The summed E-state index contributed by atoms with van der Waals surface area (Å²) in [5.74, 6) is 0.786. The first-order valence-corrected chi connectivity index (χ1v) is 11.8. The van der Waals surface area contributed by atoms with Gasteiger partial charge in [0.05, 0.1) is 0 Å². The fourth-order valence-corrected chi connectivity index (χ4v) is 5.47. The summed E-state index contributed by atoms with van der Waals surface area (Å²) in [5.41, 5.74) is 0.361. The molecule has 1 amide bonds. The van der Waals surface area contributed by atoms with Crippen LogP contribution in [-0.4, -0.2) is 89.3 Å². The standard InChI is InChI=1S/C20H28N6O3S/c1-16-4-3-7-26(13-16)30(28,29)17-5-6-19(21-12-17)25-14-18(22-15-25)20(27)24-10-8-23(2)9-11-24/h5-6,12,14-16H,3-4,7-11,13H2,1-2H3. The molecule has 2 aromatic heterocycles. The molecule has 4 heterocycles. The molecule has 1 atom stereocenters. The van der Waals surface area contributed by atoms with E-state index in [4.69, 9.17) is 0 Å². The Hall–Kier alpha value is -2.30. The van der Waals surface area contributed by atoms with Crippen LogP contribution in [0.5, 0.6) is 0 Å². The van der Waals surface area contributed by atoms with Crippen LogP contribution in [0.1, 0.15) is 30.3 Å². The summed E-state index contributed by atoms with van der Waals surface area (Å²) < 4.78 is 29.0. The fraction of sp³-hybridized carbons (Fsp3) is 0.550.